The van der Waals surface area contributed by atoms with Gasteiger partial charge in [0.15, 0.2) is 0 Å². The smallest absolute Gasteiger partial charge is 0.123 e. The van der Waals surface area contributed by atoms with E-state index in [0.29, 0.717) is 5.92 Å². The van der Waals surface area contributed by atoms with E-state index in [2.05, 4.69) is 57.7 Å². The SMILES string of the molecule is C=C1c2cc(C)cc(-c3ccc(F)cc3)c2CCC1Cc1ccc(C)c(C)c1. The van der Waals surface area contributed by atoms with Crippen LogP contribution < -0.4 is 0 Å². The molecule has 0 bridgehead atoms. The summed E-state index contributed by atoms with van der Waals surface area (Å²) in [7, 11) is 0. The van der Waals surface area contributed by atoms with E-state index < -0.39 is 0 Å². The predicted octanol–water partition coefficient (Wildman–Crippen LogP) is 7.24. The first-order valence-corrected chi connectivity index (χ1v) is 10.1. The number of allylic oxidation sites excluding steroid dienone is 1. The molecule has 3 aromatic rings. The summed E-state index contributed by atoms with van der Waals surface area (Å²) in [5.74, 6) is 0.278. The van der Waals surface area contributed by atoms with Crippen LogP contribution in [-0.4, -0.2) is 0 Å². The lowest BCUT2D eigenvalue weighted by atomic mass is 9.74. The van der Waals surface area contributed by atoms with Gasteiger partial charge in [0.05, 0.1) is 0 Å². The van der Waals surface area contributed by atoms with E-state index in [0.717, 1.165) is 24.8 Å². The van der Waals surface area contributed by atoms with Gasteiger partial charge in [-0.15, -0.1) is 0 Å². The predicted molar refractivity (Wildman–Crippen MR) is 117 cm³/mol. The number of rotatable bonds is 3. The van der Waals surface area contributed by atoms with Crippen molar-refractivity contribution in [2.45, 2.75) is 40.0 Å². The molecule has 0 fully saturated rings. The zero-order valence-corrected chi connectivity index (χ0v) is 17.0. The van der Waals surface area contributed by atoms with Gasteiger partial charge in [-0.2, -0.15) is 0 Å². The second-order valence-corrected chi connectivity index (χ2v) is 8.23. The number of hydrogen-bond acceptors (Lipinski definition) is 0. The first-order valence-electron chi connectivity index (χ1n) is 10.1. The third-order valence-electron chi connectivity index (χ3n) is 6.18. The van der Waals surface area contributed by atoms with Crippen molar-refractivity contribution in [2.24, 2.45) is 5.92 Å². The molecular formula is C27H27F. The molecular weight excluding hydrogens is 343 g/mol. The van der Waals surface area contributed by atoms with Gasteiger partial charge in [-0.1, -0.05) is 49.0 Å². The molecule has 0 spiro atoms. The third kappa shape index (κ3) is 3.54. The zero-order chi connectivity index (χ0) is 19.8. The molecule has 0 amide bonds. The lowest BCUT2D eigenvalue weighted by Crippen LogP contribution is -2.16. The van der Waals surface area contributed by atoms with Crippen molar-refractivity contribution in [2.75, 3.05) is 0 Å². The van der Waals surface area contributed by atoms with Crippen LogP contribution in [0.4, 0.5) is 4.39 Å². The van der Waals surface area contributed by atoms with Crippen molar-refractivity contribution in [1.29, 1.82) is 0 Å². The monoisotopic (exact) mass is 370 g/mol. The highest BCUT2D eigenvalue weighted by atomic mass is 19.1. The molecule has 0 heterocycles. The Morgan fingerprint density at radius 3 is 2.32 bits per heavy atom. The van der Waals surface area contributed by atoms with Crippen LogP contribution >= 0.6 is 0 Å². The van der Waals surface area contributed by atoms with Crippen LogP contribution in [0, 0.1) is 32.5 Å². The van der Waals surface area contributed by atoms with E-state index in [4.69, 9.17) is 0 Å². The average Bonchev–Trinajstić information content (AvgIpc) is 2.67. The maximum atomic E-state index is 13.4. The fourth-order valence-corrected chi connectivity index (χ4v) is 4.41. The van der Waals surface area contributed by atoms with Gasteiger partial charge in [-0.25, -0.2) is 4.39 Å². The van der Waals surface area contributed by atoms with Crippen molar-refractivity contribution < 1.29 is 4.39 Å². The van der Waals surface area contributed by atoms with Crippen LogP contribution in [0.15, 0.2) is 61.2 Å². The molecule has 1 aliphatic rings. The minimum atomic E-state index is -0.192. The summed E-state index contributed by atoms with van der Waals surface area (Å²) < 4.78 is 13.4. The van der Waals surface area contributed by atoms with Crippen LogP contribution in [0.3, 0.4) is 0 Å². The van der Waals surface area contributed by atoms with Gasteiger partial charge in [0.2, 0.25) is 0 Å². The number of hydrogen-bond donors (Lipinski definition) is 0. The molecule has 142 valence electrons. The van der Waals surface area contributed by atoms with Crippen LogP contribution in [0.2, 0.25) is 0 Å². The molecule has 0 aliphatic heterocycles. The molecule has 1 aliphatic carbocycles. The highest BCUT2D eigenvalue weighted by Crippen LogP contribution is 2.41. The molecule has 1 heteroatoms. The van der Waals surface area contributed by atoms with E-state index >= 15 is 0 Å². The summed E-state index contributed by atoms with van der Waals surface area (Å²) in [5, 5.41) is 0. The molecule has 4 rings (SSSR count). The highest BCUT2D eigenvalue weighted by molar-refractivity contribution is 5.79. The topological polar surface area (TPSA) is 0 Å². The van der Waals surface area contributed by atoms with Crippen molar-refractivity contribution in [3.63, 3.8) is 0 Å². The van der Waals surface area contributed by atoms with Gasteiger partial charge in [0.1, 0.15) is 5.82 Å². The Morgan fingerprint density at radius 2 is 1.61 bits per heavy atom. The lowest BCUT2D eigenvalue weighted by Gasteiger charge is -2.30. The molecule has 0 saturated heterocycles. The zero-order valence-electron chi connectivity index (χ0n) is 17.0. The van der Waals surface area contributed by atoms with Crippen molar-refractivity contribution in [3.8, 4) is 11.1 Å². The van der Waals surface area contributed by atoms with E-state index in [1.807, 2.05) is 12.1 Å². The quantitative estimate of drug-likeness (QED) is 0.456. The Kier molecular flexibility index (Phi) is 4.93. The Labute approximate surface area is 167 Å². The van der Waals surface area contributed by atoms with E-state index in [9.17, 15) is 4.39 Å². The van der Waals surface area contributed by atoms with Crippen LogP contribution in [0.5, 0.6) is 0 Å². The summed E-state index contributed by atoms with van der Waals surface area (Å²) in [6.07, 6.45) is 3.19. The molecule has 0 aromatic heterocycles. The fourth-order valence-electron chi connectivity index (χ4n) is 4.41. The van der Waals surface area contributed by atoms with Crippen molar-refractivity contribution in [1.82, 2.24) is 0 Å². The summed E-state index contributed by atoms with van der Waals surface area (Å²) in [4.78, 5) is 0. The number of aryl methyl sites for hydroxylation is 3. The average molecular weight is 371 g/mol. The molecule has 1 atom stereocenters. The second kappa shape index (κ2) is 7.39. The third-order valence-corrected chi connectivity index (χ3v) is 6.18. The van der Waals surface area contributed by atoms with Gasteiger partial charge >= 0.3 is 0 Å². The van der Waals surface area contributed by atoms with Gasteiger partial charge in [0.25, 0.3) is 0 Å². The molecule has 28 heavy (non-hydrogen) atoms. The van der Waals surface area contributed by atoms with Gasteiger partial charge in [-0.3, -0.25) is 0 Å². The molecule has 3 aromatic carbocycles. The van der Waals surface area contributed by atoms with Gasteiger partial charge in [-0.05, 0) is 108 Å². The first kappa shape index (κ1) is 18.7. The molecule has 0 nitrogen and oxygen atoms in total. The Bertz CT molecular complexity index is 1040. The first-order chi connectivity index (χ1) is 13.4. The Hall–Kier alpha value is -2.67. The lowest BCUT2D eigenvalue weighted by molar-refractivity contribution is 0.587. The fraction of sp³-hybridized carbons (Fsp3) is 0.259. The minimum Gasteiger partial charge on any atom is -0.207 e. The van der Waals surface area contributed by atoms with Gasteiger partial charge < -0.3 is 0 Å². The summed E-state index contributed by atoms with van der Waals surface area (Å²) >= 11 is 0. The normalized spacial score (nSPS) is 16.1. The maximum absolute atomic E-state index is 13.4. The van der Waals surface area contributed by atoms with Crippen molar-refractivity contribution >= 4 is 5.57 Å². The standard InChI is InChI=1S/C27H27F/c1-17-13-26-20(4)23(16-21-6-5-18(2)19(3)15-21)9-12-25(26)27(14-17)22-7-10-24(28)11-8-22/h5-8,10-11,13-15,23H,4,9,12,16H2,1-3H3. The second-order valence-electron chi connectivity index (χ2n) is 8.23. The number of benzene rings is 3. The molecule has 0 N–H and O–H groups in total. The molecule has 1 unspecified atom stereocenters. The summed E-state index contributed by atoms with van der Waals surface area (Å²) in [6.45, 7) is 11.0. The largest absolute Gasteiger partial charge is 0.207 e. The minimum absolute atomic E-state index is 0.192. The highest BCUT2D eigenvalue weighted by Gasteiger charge is 2.25. The number of fused-ring (bicyclic) bond motifs is 1. The number of halogens is 1. The van der Waals surface area contributed by atoms with Crippen LogP contribution in [0.25, 0.3) is 16.7 Å². The summed E-state index contributed by atoms with van der Waals surface area (Å²) in [6, 6.07) is 18.2. The van der Waals surface area contributed by atoms with E-state index in [1.165, 1.54) is 44.5 Å². The molecule has 0 saturated carbocycles. The van der Waals surface area contributed by atoms with E-state index in [-0.39, 0.29) is 5.82 Å². The Balaban J connectivity index is 1.68. The Morgan fingerprint density at radius 1 is 0.893 bits per heavy atom. The molecule has 0 radical (unpaired) electrons. The van der Waals surface area contributed by atoms with Crippen LogP contribution in [0.1, 0.15) is 39.8 Å². The maximum Gasteiger partial charge on any atom is 0.123 e. The van der Waals surface area contributed by atoms with E-state index in [1.54, 1.807) is 12.1 Å². The van der Waals surface area contributed by atoms with Gasteiger partial charge in [0, 0.05) is 0 Å². The summed E-state index contributed by atoms with van der Waals surface area (Å²) in [5.41, 5.74) is 11.5. The van der Waals surface area contributed by atoms with Crippen molar-refractivity contribution in [3.05, 3.63) is 100 Å². The van der Waals surface area contributed by atoms with Crippen LogP contribution in [-0.2, 0) is 12.8 Å².